The lowest BCUT2D eigenvalue weighted by Gasteiger charge is -2.18. The van der Waals surface area contributed by atoms with Gasteiger partial charge in [-0.2, -0.15) is 0 Å². The monoisotopic (exact) mass is 388 g/mol. The maximum atomic E-state index is 14.3. The predicted molar refractivity (Wildman–Crippen MR) is 101 cm³/mol. The van der Waals surface area contributed by atoms with Crippen LogP contribution in [-0.2, 0) is 0 Å². The summed E-state index contributed by atoms with van der Waals surface area (Å²) in [4.78, 5) is 14.4. The van der Waals surface area contributed by atoms with E-state index < -0.39 is 5.82 Å². The van der Waals surface area contributed by atoms with E-state index in [1.165, 1.54) is 23.1 Å². The second-order valence-electron chi connectivity index (χ2n) is 5.95. The van der Waals surface area contributed by atoms with Gasteiger partial charge in [0.25, 0.3) is 5.91 Å². The lowest BCUT2D eigenvalue weighted by molar-refractivity contribution is 0.0772. The van der Waals surface area contributed by atoms with Crippen LogP contribution in [0.15, 0.2) is 53.1 Å². The van der Waals surface area contributed by atoms with Crippen molar-refractivity contribution in [3.05, 3.63) is 70.7 Å². The number of carbonyl (C=O) groups is 1. The Labute approximate surface area is 161 Å². The quantitative estimate of drug-likeness (QED) is 0.619. The highest BCUT2D eigenvalue weighted by Gasteiger charge is 2.27. The highest BCUT2D eigenvalue weighted by atomic mass is 35.5. The van der Waals surface area contributed by atoms with Gasteiger partial charge in [0.05, 0.1) is 17.1 Å². The summed E-state index contributed by atoms with van der Waals surface area (Å²) in [7, 11) is 1.63. The molecule has 7 heteroatoms. The number of halogens is 2. The highest BCUT2D eigenvalue weighted by molar-refractivity contribution is 6.33. The first kappa shape index (κ1) is 18.9. The number of nitrogens with zero attached hydrogens (tertiary/aromatic N) is 2. The van der Waals surface area contributed by atoms with E-state index in [1.54, 1.807) is 14.0 Å². The van der Waals surface area contributed by atoms with Crippen molar-refractivity contribution in [3.8, 4) is 17.0 Å². The third-order valence-corrected chi connectivity index (χ3v) is 4.38. The van der Waals surface area contributed by atoms with Crippen LogP contribution in [0.25, 0.3) is 11.3 Å². The first-order valence-electron chi connectivity index (χ1n) is 8.33. The third kappa shape index (κ3) is 4.11. The van der Waals surface area contributed by atoms with Crippen molar-refractivity contribution in [2.75, 3.05) is 20.2 Å². The molecule has 3 rings (SSSR count). The summed E-state index contributed by atoms with van der Waals surface area (Å²) in [5, 5.41) is 4.02. The number of carbonyl (C=O) groups excluding carboxylic acids is 1. The number of ether oxygens (including phenoxy) is 1. The Morgan fingerprint density at radius 3 is 2.67 bits per heavy atom. The van der Waals surface area contributed by atoms with Crippen LogP contribution in [0.2, 0.25) is 5.02 Å². The van der Waals surface area contributed by atoms with Crippen molar-refractivity contribution < 1.29 is 18.4 Å². The van der Waals surface area contributed by atoms with Crippen LogP contribution < -0.4 is 4.74 Å². The Morgan fingerprint density at radius 2 is 1.96 bits per heavy atom. The average Bonchev–Trinajstić information content (AvgIpc) is 3.03. The highest BCUT2D eigenvalue weighted by Crippen LogP contribution is 2.33. The van der Waals surface area contributed by atoms with Gasteiger partial charge < -0.3 is 14.2 Å². The number of para-hydroxylation sites is 1. The van der Waals surface area contributed by atoms with Gasteiger partial charge in [-0.3, -0.25) is 4.79 Å². The lowest BCUT2D eigenvalue weighted by Crippen LogP contribution is -2.31. The standard InChI is InChI=1S/C20H18ClFN2O3/c1-13-17(19(23-27-13)18-15(21)9-6-10-16(18)22)20(25)24(2)11-12-26-14-7-4-3-5-8-14/h3-10H,11-12H2,1-2H3. The van der Waals surface area contributed by atoms with E-state index in [9.17, 15) is 9.18 Å². The molecule has 0 aliphatic rings. The van der Waals surface area contributed by atoms with E-state index in [4.69, 9.17) is 20.9 Å². The third-order valence-electron chi connectivity index (χ3n) is 4.06. The fourth-order valence-electron chi connectivity index (χ4n) is 2.63. The molecule has 0 aliphatic heterocycles. The van der Waals surface area contributed by atoms with Crippen LogP contribution >= 0.6 is 11.6 Å². The maximum absolute atomic E-state index is 14.3. The molecule has 0 fully saturated rings. The molecule has 0 saturated carbocycles. The zero-order chi connectivity index (χ0) is 19.4. The molecule has 0 N–H and O–H groups in total. The molecule has 140 valence electrons. The molecule has 0 spiro atoms. The summed E-state index contributed by atoms with van der Waals surface area (Å²) in [6, 6.07) is 13.6. The van der Waals surface area contributed by atoms with Crippen LogP contribution in [0.5, 0.6) is 5.75 Å². The molecule has 1 amide bonds. The molecule has 0 bridgehead atoms. The number of aryl methyl sites for hydroxylation is 1. The topological polar surface area (TPSA) is 55.6 Å². The van der Waals surface area contributed by atoms with Gasteiger partial charge >= 0.3 is 0 Å². The number of benzene rings is 2. The summed E-state index contributed by atoms with van der Waals surface area (Å²) >= 11 is 6.11. The van der Waals surface area contributed by atoms with E-state index in [0.717, 1.165) is 5.75 Å². The van der Waals surface area contributed by atoms with Gasteiger partial charge in [0, 0.05) is 7.05 Å². The molecule has 0 atom stereocenters. The molecule has 0 unspecified atom stereocenters. The van der Waals surface area contributed by atoms with Gasteiger partial charge in [-0.15, -0.1) is 0 Å². The van der Waals surface area contributed by atoms with E-state index in [-0.39, 0.29) is 27.8 Å². The smallest absolute Gasteiger partial charge is 0.259 e. The molecule has 5 nitrogen and oxygen atoms in total. The van der Waals surface area contributed by atoms with Crippen LogP contribution in [0.1, 0.15) is 16.1 Å². The molecule has 0 radical (unpaired) electrons. The van der Waals surface area contributed by atoms with Crippen LogP contribution in [0.3, 0.4) is 0 Å². The number of hydrogen-bond donors (Lipinski definition) is 0. The first-order chi connectivity index (χ1) is 13.0. The van der Waals surface area contributed by atoms with Crippen molar-refractivity contribution in [3.63, 3.8) is 0 Å². The minimum atomic E-state index is -0.570. The summed E-state index contributed by atoms with van der Waals surface area (Å²) in [5.74, 6) is 0.100. The minimum absolute atomic E-state index is 0.0494. The summed E-state index contributed by atoms with van der Waals surface area (Å²) < 4.78 is 25.0. The number of hydrogen-bond acceptors (Lipinski definition) is 4. The van der Waals surface area contributed by atoms with Crippen molar-refractivity contribution in [1.82, 2.24) is 10.1 Å². The zero-order valence-electron chi connectivity index (χ0n) is 14.9. The van der Waals surface area contributed by atoms with Crippen LogP contribution in [0, 0.1) is 12.7 Å². The molecule has 0 aliphatic carbocycles. The van der Waals surface area contributed by atoms with E-state index in [0.29, 0.717) is 18.9 Å². The van der Waals surface area contributed by atoms with Crippen molar-refractivity contribution in [2.24, 2.45) is 0 Å². The van der Waals surface area contributed by atoms with Crippen molar-refractivity contribution >= 4 is 17.5 Å². The van der Waals surface area contributed by atoms with Gasteiger partial charge in [0.1, 0.15) is 35.2 Å². The Hall–Kier alpha value is -2.86. The molecule has 0 saturated heterocycles. The van der Waals surface area contributed by atoms with E-state index in [1.807, 2.05) is 30.3 Å². The van der Waals surface area contributed by atoms with E-state index >= 15 is 0 Å². The molecular weight excluding hydrogens is 371 g/mol. The summed E-state index contributed by atoms with van der Waals surface area (Å²) in [6.45, 7) is 2.25. The molecule has 2 aromatic carbocycles. The Bertz CT molecular complexity index is 923. The maximum Gasteiger partial charge on any atom is 0.259 e. The number of likely N-dealkylation sites (N-methyl/N-ethyl adjacent to an activating group) is 1. The molecule has 27 heavy (non-hydrogen) atoms. The SMILES string of the molecule is Cc1onc(-c2c(F)cccc2Cl)c1C(=O)N(C)CCOc1ccccc1. The van der Waals surface area contributed by atoms with Crippen LogP contribution in [0.4, 0.5) is 4.39 Å². The van der Waals surface area contributed by atoms with Gasteiger partial charge in [0.15, 0.2) is 0 Å². The Morgan fingerprint density at radius 1 is 1.22 bits per heavy atom. The van der Waals surface area contributed by atoms with Gasteiger partial charge in [-0.25, -0.2) is 4.39 Å². The minimum Gasteiger partial charge on any atom is -0.492 e. The fourth-order valence-corrected chi connectivity index (χ4v) is 2.88. The predicted octanol–water partition coefficient (Wildman–Crippen LogP) is 4.59. The molecule has 1 heterocycles. The molecular formula is C20H18ClFN2O3. The van der Waals surface area contributed by atoms with E-state index in [2.05, 4.69) is 5.16 Å². The summed E-state index contributed by atoms with van der Waals surface area (Å²) in [5.41, 5.74) is 0.328. The van der Waals surface area contributed by atoms with Gasteiger partial charge in [0.2, 0.25) is 0 Å². The lowest BCUT2D eigenvalue weighted by atomic mass is 10.0. The zero-order valence-corrected chi connectivity index (χ0v) is 15.7. The second kappa shape index (κ2) is 8.22. The average molecular weight is 389 g/mol. The van der Waals surface area contributed by atoms with Crippen molar-refractivity contribution in [1.29, 1.82) is 0 Å². The number of aromatic nitrogens is 1. The van der Waals surface area contributed by atoms with Crippen LogP contribution in [-0.4, -0.2) is 36.2 Å². The Balaban J connectivity index is 1.78. The largest absolute Gasteiger partial charge is 0.492 e. The van der Waals surface area contributed by atoms with Crippen molar-refractivity contribution in [2.45, 2.75) is 6.92 Å². The number of amides is 1. The number of rotatable bonds is 6. The van der Waals surface area contributed by atoms with Gasteiger partial charge in [-0.1, -0.05) is 41.0 Å². The Kier molecular flexibility index (Phi) is 5.76. The van der Waals surface area contributed by atoms with Gasteiger partial charge in [-0.05, 0) is 31.2 Å². The molecule has 1 aromatic heterocycles. The molecule has 3 aromatic rings. The normalized spacial score (nSPS) is 10.7. The second-order valence-corrected chi connectivity index (χ2v) is 6.35. The summed E-state index contributed by atoms with van der Waals surface area (Å²) in [6.07, 6.45) is 0. The first-order valence-corrected chi connectivity index (χ1v) is 8.70. The fraction of sp³-hybridized carbons (Fsp3) is 0.200.